The van der Waals surface area contributed by atoms with Gasteiger partial charge in [0.15, 0.2) is 0 Å². The van der Waals surface area contributed by atoms with E-state index in [9.17, 15) is 5.21 Å². The predicted octanol–water partition coefficient (Wildman–Crippen LogP) is 7.87. The minimum atomic E-state index is 0.803. The number of fused-ring (bicyclic) bond motifs is 5. The highest BCUT2D eigenvalue weighted by Gasteiger charge is 2.31. The average Bonchev–Trinajstić information content (AvgIpc) is 3.59. The van der Waals surface area contributed by atoms with E-state index in [4.69, 9.17) is 15.0 Å². The van der Waals surface area contributed by atoms with Crippen molar-refractivity contribution in [1.82, 2.24) is 10.5 Å². The summed E-state index contributed by atoms with van der Waals surface area (Å²) in [6.45, 7) is 17.3. The van der Waals surface area contributed by atoms with Crippen LogP contribution in [0.15, 0.2) is 83.4 Å². The summed E-state index contributed by atoms with van der Waals surface area (Å²) in [4.78, 5) is 19.1. The van der Waals surface area contributed by atoms with Crippen molar-refractivity contribution in [1.29, 1.82) is 0 Å². The third kappa shape index (κ3) is 4.27. The normalized spacial score (nSPS) is 20.0. The van der Waals surface area contributed by atoms with Gasteiger partial charge >= 0.3 is 0 Å². The van der Waals surface area contributed by atoms with E-state index in [-0.39, 0.29) is 0 Å². The van der Waals surface area contributed by atoms with E-state index in [0.29, 0.717) is 0 Å². The van der Waals surface area contributed by atoms with Crippen molar-refractivity contribution in [2.45, 2.75) is 81.1 Å². The zero-order valence-corrected chi connectivity index (χ0v) is 24.4. The number of nitrogens with one attached hydrogen (secondary N) is 2. The predicted molar refractivity (Wildman–Crippen MR) is 163 cm³/mol. The Morgan fingerprint density at radius 1 is 0.692 bits per heavy atom. The topological polar surface area (TPSA) is 85.1 Å². The van der Waals surface area contributed by atoms with E-state index in [1.807, 2.05) is 0 Å². The van der Waals surface area contributed by atoms with Crippen LogP contribution in [0.5, 0.6) is 0 Å². The number of aromatic nitrogens is 1. The molecule has 0 amide bonds. The van der Waals surface area contributed by atoms with Crippen molar-refractivity contribution in [3.8, 4) is 0 Å². The van der Waals surface area contributed by atoms with E-state index in [2.05, 4.69) is 84.1 Å². The number of rotatable bonds is 5. The molecule has 202 valence electrons. The van der Waals surface area contributed by atoms with Gasteiger partial charge in [0.1, 0.15) is 0 Å². The molecule has 4 aliphatic heterocycles. The molecule has 8 bridgehead atoms. The lowest BCUT2D eigenvalue weighted by Crippen LogP contribution is -2.18. The van der Waals surface area contributed by atoms with Gasteiger partial charge in [-0.15, -0.1) is 0 Å². The van der Waals surface area contributed by atoms with E-state index in [1.54, 1.807) is 6.20 Å². The largest absolute Gasteiger partial charge is 0.355 e. The van der Waals surface area contributed by atoms with E-state index in [0.717, 1.165) is 99.2 Å². The van der Waals surface area contributed by atoms with Gasteiger partial charge < -0.3 is 4.98 Å². The summed E-state index contributed by atoms with van der Waals surface area (Å²) in [5.41, 5.74) is 20.4. The summed E-state index contributed by atoms with van der Waals surface area (Å²) in [7, 11) is 0. The molecule has 0 atom stereocenters. The van der Waals surface area contributed by atoms with Crippen LogP contribution in [0.4, 0.5) is 0 Å². The molecule has 39 heavy (non-hydrogen) atoms. The lowest BCUT2D eigenvalue weighted by molar-refractivity contribution is 0.214. The van der Waals surface area contributed by atoms with Gasteiger partial charge in [-0.05, 0) is 116 Å². The highest BCUT2D eigenvalue weighted by molar-refractivity contribution is 6.36. The van der Waals surface area contributed by atoms with E-state index in [1.165, 1.54) is 22.3 Å². The lowest BCUT2D eigenvalue weighted by Gasteiger charge is -2.13. The van der Waals surface area contributed by atoms with Crippen LogP contribution in [0.2, 0.25) is 0 Å². The molecule has 0 aromatic carbocycles. The van der Waals surface area contributed by atoms with Crippen LogP contribution >= 0.6 is 0 Å². The molecule has 4 aliphatic rings. The molecule has 5 heterocycles. The van der Waals surface area contributed by atoms with Gasteiger partial charge in [-0.3, -0.25) is 10.7 Å². The van der Waals surface area contributed by atoms with Gasteiger partial charge in [0, 0.05) is 23.2 Å². The van der Waals surface area contributed by atoms with Gasteiger partial charge in [0.05, 0.1) is 34.2 Å². The minimum absolute atomic E-state index is 0.803. The number of hydrogen-bond acceptors (Lipinski definition) is 5. The van der Waals surface area contributed by atoms with Crippen LogP contribution in [-0.2, 0) is 6.42 Å². The van der Waals surface area contributed by atoms with Crippen LogP contribution in [0.1, 0.15) is 90.2 Å². The maximum absolute atomic E-state index is 9.86. The molecular weight excluding hydrogens is 482 g/mol. The molecule has 0 aliphatic carbocycles. The first kappa shape index (κ1) is 26.8. The van der Waals surface area contributed by atoms with Crippen molar-refractivity contribution in [3.05, 3.63) is 90.9 Å². The second kappa shape index (κ2) is 10.4. The van der Waals surface area contributed by atoms with Crippen LogP contribution in [0.25, 0.3) is 12.2 Å². The van der Waals surface area contributed by atoms with E-state index < -0.39 is 0 Å². The molecule has 0 fully saturated rings. The van der Waals surface area contributed by atoms with Gasteiger partial charge in [-0.1, -0.05) is 27.7 Å². The average molecular weight is 522 g/mol. The molecule has 6 nitrogen and oxygen atoms in total. The molecule has 0 saturated carbocycles. The van der Waals surface area contributed by atoms with Gasteiger partial charge in [0.25, 0.3) is 0 Å². The fourth-order valence-electron chi connectivity index (χ4n) is 6.25. The van der Waals surface area contributed by atoms with Crippen molar-refractivity contribution in [3.63, 3.8) is 0 Å². The smallest absolute Gasteiger partial charge is 0.0781 e. The van der Waals surface area contributed by atoms with Crippen molar-refractivity contribution in [2.75, 3.05) is 0 Å². The summed E-state index contributed by atoms with van der Waals surface area (Å²) in [6.07, 6.45) is 11.6. The first-order valence-corrected chi connectivity index (χ1v) is 14.1. The minimum Gasteiger partial charge on any atom is -0.355 e. The first-order valence-electron chi connectivity index (χ1n) is 14.1. The zero-order chi connectivity index (χ0) is 28.0. The second-order valence-corrected chi connectivity index (χ2v) is 10.5. The molecule has 1 aromatic heterocycles. The molecule has 3 N–H and O–H groups in total. The first-order chi connectivity index (χ1) is 18.8. The summed E-state index contributed by atoms with van der Waals surface area (Å²) in [5.74, 6) is 0. The van der Waals surface area contributed by atoms with Gasteiger partial charge in [-0.25, -0.2) is 15.0 Å². The summed E-state index contributed by atoms with van der Waals surface area (Å²) < 4.78 is 0. The highest BCUT2D eigenvalue weighted by Crippen LogP contribution is 2.39. The number of nitrogens with zero attached hydrogens (tertiary/aromatic N) is 3. The van der Waals surface area contributed by atoms with E-state index >= 15 is 0 Å². The molecule has 0 unspecified atom stereocenters. The third-order valence-corrected chi connectivity index (χ3v) is 8.52. The molecule has 6 heteroatoms. The van der Waals surface area contributed by atoms with Gasteiger partial charge in [-0.2, -0.15) is 0 Å². The SMILES string of the molecule is CCC1=C(C)C2=NC1=Cc1[nH]c(c(C)c1CC)C=C1N=C(C(=CNO)C3=NC(=C2)C(C)=C3CC)C(CC)=C1C. The fourth-order valence-corrected chi connectivity index (χ4v) is 6.25. The van der Waals surface area contributed by atoms with Crippen LogP contribution in [0, 0.1) is 6.92 Å². The number of hydrogen-bond donors (Lipinski definition) is 3. The standard InChI is InChI=1S/C33H39N5O/c1-9-21-17(5)26-13-28-19(7)23(11-3)32(37-28)25(16-34-39)33-24(12-4)20(8)29(38-33)14-27-18(6)22(10-2)31(36-27)15-30(21)35-26/h13-16,34-35,39H,9-12H2,1-8H3. The Morgan fingerprint density at radius 3 is 1.79 bits per heavy atom. The zero-order valence-electron chi connectivity index (χ0n) is 24.4. The Bertz CT molecular complexity index is 1590. The monoisotopic (exact) mass is 521 g/mol. The number of hydroxylamine groups is 1. The van der Waals surface area contributed by atoms with Crippen LogP contribution in [0.3, 0.4) is 0 Å². The van der Waals surface area contributed by atoms with Crippen molar-refractivity contribution in [2.24, 2.45) is 15.0 Å². The Kier molecular flexibility index (Phi) is 7.17. The van der Waals surface area contributed by atoms with Crippen molar-refractivity contribution < 1.29 is 5.21 Å². The van der Waals surface area contributed by atoms with Gasteiger partial charge in [0.2, 0.25) is 0 Å². The Labute approximate surface area is 231 Å². The summed E-state index contributed by atoms with van der Waals surface area (Å²) in [5, 5.41) is 9.86. The number of H-pyrrole nitrogens is 1. The maximum Gasteiger partial charge on any atom is 0.0781 e. The quantitative estimate of drug-likeness (QED) is 0.344. The second-order valence-electron chi connectivity index (χ2n) is 10.5. The molecule has 0 radical (unpaired) electrons. The Hall–Kier alpha value is -3.77. The Balaban J connectivity index is 1.87. The summed E-state index contributed by atoms with van der Waals surface area (Å²) >= 11 is 0. The maximum atomic E-state index is 9.86. The lowest BCUT2D eigenvalue weighted by atomic mass is 9.91. The van der Waals surface area contributed by atoms with Crippen LogP contribution in [-0.4, -0.2) is 27.3 Å². The summed E-state index contributed by atoms with van der Waals surface area (Å²) in [6, 6.07) is 0. The Morgan fingerprint density at radius 2 is 1.26 bits per heavy atom. The molecule has 5 rings (SSSR count). The molecule has 0 spiro atoms. The molecule has 1 aromatic rings. The number of aliphatic imine (C=N–C) groups is 3. The number of allylic oxidation sites excluding steroid dienone is 8. The molecule has 0 saturated heterocycles. The fraction of sp³-hybridized carbons (Fsp3) is 0.364. The highest BCUT2D eigenvalue weighted by atomic mass is 16.5. The third-order valence-electron chi connectivity index (χ3n) is 8.52. The van der Waals surface area contributed by atoms with Crippen molar-refractivity contribution >= 4 is 29.3 Å². The number of aromatic amines is 1. The molecular formula is C33H39N5O. The van der Waals surface area contributed by atoms with Crippen LogP contribution < -0.4 is 5.48 Å².